The molecule has 1 heterocycles. The second-order valence-corrected chi connectivity index (χ2v) is 7.70. The van der Waals surface area contributed by atoms with Gasteiger partial charge in [0.1, 0.15) is 0 Å². The van der Waals surface area contributed by atoms with Crippen LogP contribution in [0.1, 0.15) is 60.3 Å². The summed E-state index contributed by atoms with van der Waals surface area (Å²) in [5, 5.41) is 15.1. The molecule has 1 aliphatic rings. The van der Waals surface area contributed by atoms with Gasteiger partial charge in [-0.15, -0.1) is 0 Å². The smallest absolute Gasteiger partial charge is 0.315 e. The lowest BCUT2D eigenvalue weighted by Gasteiger charge is -2.43. The molecule has 0 saturated carbocycles. The summed E-state index contributed by atoms with van der Waals surface area (Å²) in [7, 11) is 0. The Morgan fingerprint density at radius 1 is 1.36 bits per heavy atom. The van der Waals surface area contributed by atoms with E-state index >= 15 is 0 Å². The van der Waals surface area contributed by atoms with Crippen LogP contribution in [0, 0.1) is 5.92 Å². The summed E-state index contributed by atoms with van der Waals surface area (Å²) in [6.07, 6.45) is 3.91. The number of aliphatic hydroxyl groups is 1. The maximum Gasteiger partial charge on any atom is 0.315 e. The molecule has 3 N–H and O–H groups in total. The Morgan fingerprint density at radius 3 is 2.59 bits per heavy atom. The van der Waals surface area contributed by atoms with Gasteiger partial charge in [0.2, 0.25) is 0 Å². The van der Waals surface area contributed by atoms with E-state index in [0.717, 1.165) is 25.4 Å². The van der Waals surface area contributed by atoms with Crippen LogP contribution >= 0.6 is 0 Å². The van der Waals surface area contributed by atoms with Crippen molar-refractivity contribution in [2.24, 2.45) is 5.92 Å². The van der Waals surface area contributed by atoms with Crippen LogP contribution in [0.4, 0.5) is 4.79 Å². The topological polar surface area (TPSA) is 64.6 Å². The van der Waals surface area contributed by atoms with Crippen molar-refractivity contribution in [1.29, 1.82) is 0 Å². The van der Waals surface area contributed by atoms with Crippen LogP contribution in [0.5, 0.6) is 0 Å². The second-order valence-electron chi connectivity index (χ2n) is 7.70. The third-order valence-corrected chi connectivity index (χ3v) is 5.05. The molecular formula is C17H35N3O2. The summed E-state index contributed by atoms with van der Waals surface area (Å²) < 4.78 is 0. The molecule has 1 fully saturated rings. The number of nitrogens with one attached hydrogen (secondary N) is 2. The van der Waals surface area contributed by atoms with Crippen molar-refractivity contribution >= 4 is 6.03 Å². The second kappa shape index (κ2) is 8.16. The van der Waals surface area contributed by atoms with Gasteiger partial charge in [0, 0.05) is 30.8 Å². The molecular weight excluding hydrogens is 278 g/mol. The third-order valence-electron chi connectivity index (χ3n) is 5.05. The van der Waals surface area contributed by atoms with Crippen molar-refractivity contribution in [3.05, 3.63) is 0 Å². The molecule has 1 aliphatic heterocycles. The highest BCUT2D eigenvalue weighted by Gasteiger charge is 2.31. The predicted molar refractivity (Wildman–Crippen MR) is 91.0 cm³/mol. The Morgan fingerprint density at radius 2 is 2.05 bits per heavy atom. The van der Waals surface area contributed by atoms with Gasteiger partial charge in [0.05, 0.1) is 0 Å². The van der Waals surface area contributed by atoms with E-state index in [1.807, 2.05) is 13.8 Å². The molecule has 0 radical (unpaired) electrons. The van der Waals surface area contributed by atoms with Crippen LogP contribution in [0.2, 0.25) is 0 Å². The number of hydrogen-bond donors (Lipinski definition) is 3. The fraction of sp³-hybridized carbons (Fsp3) is 0.941. The minimum atomic E-state index is -0.345. The molecule has 0 bridgehead atoms. The molecule has 0 aliphatic carbocycles. The Kier molecular flexibility index (Phi) is 7.13. The van der Waals surface area contributed by atoms with E-state index < -0.39 is 0 Å². The lowest BCUT2D eigenvalue weighted by atomic mass is 9.93. The van der Waals surface area contributed by atoms with Crippen molar-refractivity contribution in [3.8, 4) is 0 Å². The molecule has 2 atom stereocenters. The minimum Gasteiger partial charge on any atom is -0.396 e. The maximum atomic E-state index is 12.2. The van der Waals surface area contributed by atoms with Crippen molar-refractivity contribution in [1.82, 2.24) is 15.5 Å². The first-order valence-electron chi connectivity index (χ1n) is 8.64. The lowest BCUT2D eigenvalue weighted by molar-refractivity contribution is 0.0720. The standard InChI is InChI=1S/C17H35N3O2/c1-6-17(5,9-11-21)19-15(22)18-13-16(3,4)20-10-7-8-14(2)12-20/h14,21H,6-13H2,1-5H3,(H2,18,19,22). The van der Waals surface area contributed by atoms with E-state index in [4.69, 9.17) is 5.11 Å². The monoisotopic (exact) mass is 313 g/mol. The number of carbonyl (C=O) groups is 1. The van der Waals surface area contributed by atoms with Crippen molar-refractivity contribution in [2.45, 2.75) is 71.4 Å². The first kappa shape index (κ1) is 19.2. The van der Waals surface area contributed by atoms with Gasteiger partial charge in [-0.1, -0.05) is 13.8 Å². The van der Waals surface area contributed by atoms with Gasteiger partial charge in [-0.2, -0.15) is 0 Å². The van der Waals surface area contributed by atoms with Gasteiger partial charge in [0.15, 0.2) is 0 Å². The summed E-state index contributed by atoms with van der Waals surface area (Å²) in [5.41, 5.74) is -0.381. The number of urea groups is 1. The number of carbonyl (C=O) groups excluding carboxylic acids is 1. The van der Waals surface area contributed by atoms with Gasteiger partial charge < -0.3 is 15.7 Å². The molecule has 0 aromatic heterocycles. The summed E-state index contributed by atoms with van der Waals surface area (Å²) >= 11 is 0. The largest absolute Gasteiger partial charge is 0.396 e. The third kappa shape index (κ3) is 5.76. The average molecular weight is 313 g/mol. The number of amides is 2. The van der Waals surface area contributed by atoms with Crippen molar-refractivity contribution in [3.63, 3.8) is 0 Å². The van der Waals surface area contributed by atoms with E-state index in [1.165, 1.54) is 12.8 Å². The predicted octanol–water partition coefficient (Wildman–Crippen LogP) is 2.35. The summed E-state index contributed by atoms with van der Waals surface area (Å²) in [5.74, 6) is 0.731. The van der Waals surface area contributed by atoms with Crippen molar-refractivity contribution in [2.75, 3.05) is 26.2 Å². The number of piperidine rings is 1. The van der Waals surface area contributed by atoms with Crippen LogP contribution in [0.25, 0.3) is 0 Å². The molecule has 22 heavy (non-hydrogen) atoms. The Hall–Kier alpha value is -0.810. The van der Waals surface area contributed by atoms with Gasteiger partial charge in [-0.25, -0.2) is 4.79 Å². The zero-order valence-electron chi connectivity index (χ0n) is 15.0. The Balaban J connectivity index is 2.48. The lowest BCUT2D eigenvalue weighted by Crippen LogP contribution is -2.57. The van der Waals surface area contributed by atoms with E-state index in [0.29, 0.717) is 13.0 Å². The summed E-state index contributed by atoms with van der Waals surface area (Å²) in [4.78, 5) is 14.6. The van der Waals surface area contributed by atoms with Gasteiger partial charge in [-0.05, 0) is 58.9 Å². The Bertz CT molecular complexity index is 360. The minimum absolute atomic E-state index is 0.0361. The number of aliphatic hydroxyl groups excluding tert-OH is 1. The average Bonchev–Trinajstić information content (AvgIpc) is 2.45. The molecule has 2 amide bonds. The van der Waals surface area contributed by atoms with E-state index in [9.17, 15) is 4.79 Å². The molecule has 1 saturated heterocycles. The van der Waals surface area contributed by atoms with Crippen LogP contribution < -0.4 is 10.6 Å². The molecule has 2 unspecified atom stereocenters. The van der Waals surface area contributed by atoms with Crippen LogP contribution in [0.3, 0.4) is 0 Å². The normalized spacial score (nSPS) is 22.9. The van der Waals surface area contributed by atoms with Gasteiger partial charge in [0.25, 0.3) is 0 Å². The van der Waals surface area contributed by atoms with Crippen LogP contribution in [0.15, 0.2) is 0 Å². The summed E-state index contributed by atoms with van der Waals surface area (Å²) in [6.45, 7) is 13.6. The summed E-state index contributed by atoms with van der Waals surface area (Å²) in [6, 6.07) is -0.143. The Labute approximate surface area is 135 Å². The highest BCUT2D eigenvalue weighted by Crippen LogP contribution is 2.23. The van der Waals surface area contributed by atoms with Crippen LogP contribution in [-0.2, 0) is 0 Å². The number of likely N-dealkylation sites (tertiary alicyclic amines) is 1. The van der Waals surface area contributed by atoms with Crippen LogP contribution in [-0.4, -0.2) is 53.4 Å². The highest BCUT2D eigenvalue weighted by atomic mass is 16.3. The molecule has 5 heteroatoms. The molecule has 130 valence electrons. The molecule has 0 aromatic rings. The maximum absolute atomic E-state index is 12.2. The zero-order chi connectivity index (χ0) is 16.8. The molecule has 5 nitrogen and oxygen atoms in total. The highest BCUT2D eigenvalue weighted by molar-refractivity contribution is 5.74. The number of hydrogen-bond acceptors (Lipinski definition) is 3. The first-order valence-corrected chi connectivity index (χ1v) is 8.64. The van der Waals surface area contributed by atoms with E-state index in [2.05, 4.69) is 36.3 Å². The molecule has 1 rings (SSSR count). The first-order chi connectivity index (χ1) is 10.2. The quantitative estimate of drug-likeness (QED) is 0.676. The molecule has 0 aromatic carbocycles. The molecule has 0 spiro atoms. The van der Waals surface area contributed by atoms with Crippen molar-refractivity contribution < 1.29 is 9.90 Å². The van der Waals surface area contributed by atoms with E-state index in [-0.39, 0.29) is 23.7 Å². The fourth-order valence-electron chi connectivity index (χ4n) is 3.04. The number of nitrogens with zero attached hydrogens (tertiary/aromatic N) is 1. The number of rotatable bonds is 7. The van der Waals surface area contributed by atoms with E-state index in [1.54, 1.807) is 0 Å². The SMILES string of the molecule is CCC(C)(CCO)NC(=O)NCC(C)(C)N1CCCC(C)C1. The van der Waals surface area contributed by atoms with Gasteiger partial charge in [-0.3, -0.25) is 4.90 Å². The van der Waals surface area contributed by atoms with Gasteiger partial charge >= 0.3 is 6.03 Å². The zero-order valence-corrected chi connectivity index (χ0v) is 15.0. The fourth-order valence-corrected chi connectivity index (χ4v) is 3.04.